The van der Waals surface area contributed by atoms with E-state index < -0.39 is 6.61 Å². The van der Waals surface area contributed by atoms with Crippen molar-refractivity contribution in [3.63, 3.8) is 0 Å². The molecule has 1 aromatic heterocycles. The van der Waals surface area contributed by atoms with E-state index in [4.69, 9.17) is 4.74 Å². The first-order chi connectivity index (χ1) is 10.2. The molecule has 0 aliphatic heterocycles. The number of hydrazone groups is 1. The molecule has 0 aliphatic rings. The predicted molar refractivity (Wildman–Crippen MR) is 75.1 cm³/mol. The summed E-state index contributed by atoms with van der Waals surface area (Å²) < 4.78 is 34.4. The predicted octanol–water partition coefficient (Wildman–Crippen LogP) is 3.14. The molecule has 1 heterocycles. The van der Waals surface area contributed by atoms with Crippen LogP contribution in [0, 0.1) is 0 Å². The molecule has 0 amide bonds. The van der Waals surface area contributed by atoms with Crippen molar-refractivity contribution >= 4 is 12.0 Å². The molecule has 0 atom stereocenters. The molecule has 110 valence electrons. The number of para-hydroxylation sites is 1. The number of alkyl halides is 2. The molecular formula is C14H13F2N3O2. The number of nitrogens with one attached hydrogen (secondary N) is 1. The lowest BCUT2D eigenvalue weighted by molar-refractivity contribution is -0.0513. The second kappa shape index (κ2) is 7.18. The zero-order valence-corrected chi connectivity index (χ0v) is 11.2. The fraction of sp³-hybridized carbons (Fsp3) is 0.143. The SMILES string of the molecule is COc1cccc(/C=N\Nc2ccccn2)c1OC(F)F. The lowest BCUT2D eigenvalue weighted by atomic mass is 10.2. The summed E-state index contributed by atoms with van der Waals surface area (Å²) in [6, 6.07) is 10.1. The topological polar surface area (TPSA) is 55.7 Å². The van der Waals surface area contributed by atoms with Crippen molar-refractivity contribution in [3.05, 3.63) is 48.2 Å². The molecule has 2 rings (SSSR count). The second-order valence-corrected chi connectivity index (χ2v) is 3.84. The lowest BCUT2D eigenvalue weighted by Crippen LogP contribution is -2.06. The van der Waals surface area contributed by atoms with Crippen molar-refractivity contribution < 1.29 is 18.3 Å². The van der Waals surface area contributed by atoms with Crippen LogP contribution in [0.2, 0.25) is 0 Å². The van der Waals surface area contributed by atoms with Gasteiger partial charge in [-0.1, -0.05) is 12.1 Å². The number of anilines is 1. The number of benzene rings is 1. The molecule has 0 unspecified atom stereocenters. The van der Waals surface area contributed by atoms with Gasteiger partial charge in [-0.3, -0.25) is 5.43 Å². The van der Waals surface area contributed by atoms with Crippen molar-refractivity contribution in [2.24, 2.45) is 5.10 Å². The van der Waals surface area contributed by atoms with Crippen molar-refractivity contribution in [2.75, 3.05) is 12.5 Å². The maximum atomic E-state index is 12.5. The summed E-state index contributed by atoms with van der Waals surface area (Å²) in [6.07, 6.45) is 2.96. The minimum atomic E-state index is -2.95. The number of ether oxygens (including phenoxy) is 2. The maximum Gasteiger partial charge on any atom is 0.387 e. The summed E-state index contributed by atoms with van der Waals surface area (Å²) >= 11 is 0. The Morgan fingerprint density at radius 3 is 2.76 bits per heavy atom. The maximum absolute atomic E-state index is 12.5. The highest BCUT2D eigenvalue weighted by atomic mass is 19.3. The van der Waals surface area contributed by atoms with Gasteiger partial charge in [0.15, 0.2) is 11.5 Å². The van der Waals surface area contributed by atoms with Gasteiger partial charge in [0.2, 0.25) is 0 Å². The zero-order chi connectivity index (χ0) is 15.1. The number of hydrogen-bond donors (Lipinski definition) is 1. The fourth-order valence-corrected chi connectivity index (χ4v) is 1.61. The molecule has 0 spiro atoms. The van der Waals surface area contributed by atoms with Gasteiger partial charge >= 0.3 is 6.61 Å². The first-order valence-electron chi connectivity index (χ1n) is 6.02. The molecule has 2 aromatic rings. The summed E-state index contributed by atoms with van der Waals surface area (Å²) in [5.41, 5.74) is 3.04. The molecule has 0 bridgehead atoms. The van der Waals surface area contributed by atoms with Gasteiger partial charge in [-0.15, -0.1) is 0 Å². The smallest absolute Gasteiger partial charge is 0.387 e. The minimum absolute atomic E-state index is 0.0680. The third kappa shape index (κ3) is 4.13. The Labute approximate surface area is 120 Å². The number of rotatable bonds is 6. The second-order valence-electron chi connectivity index (χ2n) is 3.84. The van der Waals surface area contributed by atoms with Crippen LogP contribution in [-0.2, 0) is 0 Å². The molecule has 0 radical (unpaired) electrons. The summed E-state index contributed by atoms with van der Waals surface area (Å²) in [5.74, 6) is 0.673. The largest absolute Gasteiger partial charge is 0.493 e. The van der Waals surface area contributed by atoms with E-state index in [2.05, 4.69) is 20.2 Å². The Balaban J connectivity index is 2.18. The highest BCUT2D eigenvalue weighted by molar-refractivity contribution is 5.85. The van der Waals surface area contributed by atoms with Gasteiger partial charge in [0.1, 0.15) is 5.82 Å². The van der Waals surface area contributed by atoms with Crippen LogP contribution >= 0.6 is 0 Å². The van der Waals surface area contributed by atoms with E-state index in [0.717, 1.165) is 0 Å². The molecular weight excluding hydrogens is 280 g/mol. The summed E-state index contributed by atoms with van der Waals surface area (Å²) in [4.78, 5) is 4.01. The number of halogens is 2. The first-order valence-corrected chi connectivity index (χ1v) is 6.02. The van der Waals surface area contributed by atoms with Gasteiger partial charge in [0.05, 0.1) is 13.3 Å². The monoisotopic (exact) mass is 293 g/mol. The van der Waals surface area contributed by atoms with Crippen LogP contribution in [0.1, 0.15) is 5.56 Å². The Morgan fingerprint density at radius 2 is 2.10 bits per heavy atom. The van der Waals surface area contributed by atoms with Crippen LogP contribution in [0.5, 0.6) is 11.5 Å². The average molecular weight is 293 g/mol. The molecule has 0 fully saturated rings. The van der Waals surface area contributed by atoms with E-state index >= 15 is 0 Å². The normalized spacial score (nSPS) is 10.9. The van der Waals surface area contributed by atoms with Gasteiger partial charge in [-0.2, -0.15) is 13.9 Å². The van der Waals surface area contributed by atoms with Gasteiger partial charge in [-0.25, -0.2) is 4.98 Å². The summed E-state index contributed by atoms with van der Waals surface area (Å²) in [5, 5.41) is 3.94. The number of methoxy groups -OCH3 is 1. The van der Waals surface area contributed by atoms with Crippen LogP contribution in [0.15, 0.2) is 47.7 Å². The molecule has 0 aliphatic carbocycles. The third-order valence-corrected chi connectivity index (χ3v) is 2.48. The molecule has 0 saturated heterocycles. The Bertz CT molecular complexity index is 606. The van der Waals surface area contributed by atoms with E-state index in [1.165, 1.54) is 19.4 Å². The molecule has 5 nitrogen and oxygen atoms in total. The third-order valence-electron chi connectivity index (χ3n) is 2.48. The summed E-state index contributed by atoms with van der Waals surface area (Å²) in [7, 11) is 1.38. The first kappa shape index (κ1) is 14.7. The minimum Gasteiger partial charge on any atom is -0.493 e. The molecule has 7 heteroatoms. The molecule has 1 aromatic carbocycles. The van der Waals surface area contributed by atoms with Crippen LogP contribution in [-0.4, -0.2) is 24.9 Å². The highest BCUT2D eigenvalue weighted by Crippen LogP contribution is 2.31. The number of nitrogens with zero attached hydrogens (tertiary/aromatic N) is 2. The van der Waals surface area contributed by atoms with Gasteiger partial charge in [-0.05, 0) is 24.3 Å². The number of pyridine rings is 1. The standard InChI is InChI=1S/C14H13F2N3O2/c1-20-11-6-4-5-10(13(11)21-14(15)16)9-18-19-12-7-2-3-8-17-12/h2-9,14H,1H3,(H,17,19)/b18-9-. The molecule has 1 N–H and O–H groups in total. The molecule has 21 heavy (non-hydrogen) atoms. The van der Waals surface area contributed by atoms with Crippen molar-refractivity contribution in [2.45, 2.75) is 6.61 Å². The van der Waals surface area contributed by atoms with Crippen molar-refractivity contribution in [1.82, 2.24) is 4.98 Å². The Hall–Kier alpha value is -2.70. The van der Waals surface area contributed by atoms with E-state index in [0.29, 0.717) is 11.4 Å². The van der Waals surface area contributed by atoms with E-state index in [1.54, 1.807) is 36.5 Å². The quantitative estimate of drug-likeness (QED) is 0.656. The van der Waals surface area contributed by atoms with Crippen LogP contribution < -0.4 is 14.9 Å². The van der Waals surface area contributed by atoms with Crippen LogP contribution in [0.25, 0.3) is 0 Å². The summed E-state index contributed by atoms with van der Waals surface area (Å²) in [6.45, 7) is -2.95. The lowest BCUT2D eigenvalue weighted by Gasteiger charge is -2.11. The Kier molecular flexibility index (Phi) is 5.03. The van der Waals surface area contributed by atoms with Gasteiger partial charge in [0.25, 0.3) is 0 Å². The van der Waals surface area contributed by atoms with E-state index in [1.807, 2.05) is 0 Å². The average Bonchev–Trinajstić information content (AvgIpc) is 2.49. The van der Waals surface area contributed by atoms with Gasteiger partial charge in [0, 0.05) is 11.8 Å². The zero-order valence-electron chi connectivity index (χ0n) is 11.2. The Morgan fingerprint density at radius 1 is 1.24 bits per heavy atom. The van der Waals surface area contributed by atoms with E-state index in [-0.39, 0.29) is 11.5 Å². The molecule has 0 saturated carbocycles. The van der Waals surface area contributed by atoms with Gasteiger partial charge < -0.3 is 9.47 Å². The number of hydrogen-bond acceptors (Lipinski definition) is 5. The highest BCUT2D eigenvalue weighted by Gasteiger charge is 2.14. The van der Waals surface area contributed by atoms with Crippen molar-refractivity contribution in [1.29, 1.82) is 0 Å². The van der Waals surface area contributed by atoms with Crippen molar-refractivity contribution in [3.8, 4) is 11.5 Å². The van der Waals surface area contributed by atoms with Crippen LogP contribution in [0.4, 0.5) is 14.6 Å². The van der Waals surface area contributed by atoms with Crippen LogP contribution in [0.3, 0.4) is 0 Å². The van der Waals surface area contributed by atoms with E-state index in [9.17, 15) is 8.78 Å². The number of aromatic nitrogens is 1. The fourth-order valence-electron chi connectivity index (χ4n) is 1.61.